The molecule has 5 nitrogen and oxygen atoms in total. The Morgan fingerprint density at radius 3 is 2.52 bits per heavy atom. The number of hydrogen-bond donors (Lipinski definition) is 1. The molecule has 2 rings (SSSR count). The Bertz CT molecular complexity index is 583. The van der Waals surface area contributed by atoms with Crippen LogP contribution in [0, 0.1) is 0 Å². The fourth-order valence-corrected chi connectivity index (χ4v) is 2.25. The zero-order chi connectivity index (χ0) is 15.4. The molecule has 0 amide bonds. The highest BCUT2D eigenvalue weighted by Crippen LogP contribution is 2.27. The van der Waals surface area contributed by atoms with Crippen molar-refractivity contribution in [2.75, 3.05) is 7.05 Å². The van der Waals surface area contributed by atoms with Crippen molar-refractivity contribution in [3.05, 3.63) is 40.0 Å². The van der Waals surface area contributed by atoms with Gasteiger partial charge in [0.15, 0.2) is 11.9 Å². The Balaban J connectivity index is 2.04. The second kappa shape index (κ2) is 7.11. The minimum atomic E-state index is -0.384. The number of hydrogen-bond acceptors (Lipinski definition) is 5. The molecule has 2 unspecified atom stereocenters. The summed E-state index contributed by atoms with van der Waals surface area (Å²) in [7, 11) is 1.89. The Morgan fingerprint density at radius 1 is 1.24 bits per heavy atom. The molecule has 7 heteroatoms. The van der Waals surface area contributed by atoms with Crippen molar-refractivity contribution in [1.82, 2.24) is 15.5 Å². The molecule has 0 aliphatic heterocycles. The zero-order valence-electron chi connectivity index (χ0n) is 12.1. The van der Waals surface area contributed by atoms with Crippen molar-refractivity contribution in [3.8, 4) is 5.75 Å². The highest BCUT2D eigenvalue weighted by Gasteiger charge is 2.17. The Labute approximate surface area is 133 Å². The predicted octanol–water partition coefficient (Wildman–Crippen LogP) is 3.67. The van der Waals surface area contributed by atoms with Crippen LogP contribution in [-0.2, 0) is 6.42 Å². The van der Waals surface area contributed by atoms with Crippen molar-refractivity contribution in [2.45, 2.75) is 32.4 Å². The molecule has 0 aliphatic carbocycles. The molecule has 0 spiro atoms. The van der Waals surface area contributed by atoms with Crippen LogP contribution < -0.4 is 10.1 Å². The van der Waals surface area contributed by atoms with Gasteiger partial charge in [-0.05, 0) is 39.1 Å². The summed E-state index contributed by atoms with van der Waals surface area (Å²) in [6, 6.07) is 5.29. The van der Waals surface area contributed by atoms with E-state index in [9.17, 15) is 0 Å². The topological polar surface area (TPSA) is 60.2 Å². The van der Waals surface area contributed by atoms with Crippen LogP contribution in [0.15, 0.2) is 22.7 Å². The number of rotatable bonds is 6. The third kappa shape index (κ3) is 4.59. The molecule has 114 valence electrons. The van der Waals surface area contributed by atoms with Gasteiger partial charge in [-0.3, -0.25) is 0 Å². The van der Waals surface area contributed by atoms with Crippen LogP contribution in [-0.4, -0.2) is 23.2 Å². The summed E-state index contributed by atoms with van der Waals surface area (Å²) in [6.07, 6.45) is 0.307. The Kier molecular flexibility index (Phi) is 5.45. The smallest absolute Gasteiger partial charge is 0.267 e. The van der Waals surface area contributed by atoms with Crippen LogP contribution in [0.3, 0.4) is 0 Å². The molecule has 0 radical (unpaired) electrons. The number of aromatic nitrogens is 2. The van der Waals surface area contributed by atoms with E-state index in [0.717, 1.165) is 0 Å². The number of nitrogens with zero attached hydrogens (tertiary/aromatic N) is 2. The molecule has 1 N–H and O–H groups in total. The first-order valence-electron chi connectivity index (χ1n) is 6.60. The van der Waals surface area contributed by atoms with Crippen molar-refractivity contribution < 1.29 is 9.26 Å². The lowest BCUT2D eigenvalue weighted by Crippen LogP contribution is -2.24. The van der Waals surface area contributed by atoms with Crippen molar-refractivity contribution in [1.29, 1.82) is 0 Å². The maximum absolute atomic E-state index is 5.93. The number of nitrogens with one attached hydrogen (secondary N) is 1. The summed E-state index contributed by atoms with van der Waals surface area (Å²) in [4.78, 5) is 4.33. The highest BCUT2D eigenvalue weighted by molar-refractivity contribution is 6.34. The summed E-state index contributed by atoms with van der Waals surface area (Å²) >= 11 is 11.9. The van der Waals surface area contributed by atoms with Crippen LogP contribution in [0.25, 0.3) is 0 Å². The lowest BCUT2D eigenvalue weighted by Gasteiger charge is -2.11. The minimum Gasteiger partial charge on any atom is -0.481 e. The summed E-state index contributed by atoms with van der Waals surface area (Å²) < 4.78 is 11.0. The van der Waals surface area contributed by atoms with Crippen LogP contribution >= 0.6 is 23.2 Å². The van der Waals surface area contributed by atoms with Gasteiger partial charge < -0.3 is 14.6 Å². The Morgan fingerprint density at radius 2 is 1.90 bits per heavy atom. The fraction of sp³-hybridized carbons (Fsp3) is 0.429. The molecule has 0 aliphatic rings. The molecular weight excluding hydrogens is 313 g/mol. The van der Waals surface area contributed by atoms with Crippen LogP contribution in [0.4, 0.5) is 0 Å². The molecule has 0 saturated heterocycles. The molecule has 21 heavy (non-hydrogen) atoms. The van der Waals surface area contributed by atoms with Gasteiger partial charge in [0.1, 0.15) is 5.75 Å². The molecule has 2 atom stereocenters. The van der Waals surface area contributed by atoms with Crippen molar-refractivity contribution >= 4 is 23.2 Å². The van der Waals surface area contributed by atoms with Crippen LogP contribution in [0.2, 0.25) is 10.0 Å². The first-order valence-corrected chi connectivity index (χ1v) is 7.36. The maximum Gasteiger partial charge on any atom is 0.267 e. The monoisotopic (exact) mass is 329 g/mol. The largest absolute Gasteiger partial charge is 0.481 e. The first-order chi connectivity index (χ1) is 9.97. The van der Waals surface area contributed by atoms with Gasteiger partial charge in [0.2, 0.25) is 0 Å². The Hall–Kier alpha value is -1.30. The molecule has 1 aromatic carbocycles. The number of ether oxygens (including phenoxy) is 1. The van der Waals surface area contributed by atoms with Gasteiger partial charge in [0, 0.05) is 22.5 Å². The van der Waals surface area contributed by atoms with Crippen molar-refractivity contribution in [2.24, 2.45) is 0 Å². The van der Waals surface area contributed by atoms with Gasteiger partial charge >= 0.3 is 0 Å². The number of halogens is 2. The first kappa shape index (κ1) is 16.1. The molecule has 0 bridgehead atoms. The molecule has 1 heterocycles. The van der Waals surface area contributed by atoms with E-state index >= 15 is 0 Å². The van der Waals surface area contributed by atoms with E-state index in [2.05, 4.69) is 15.5 Å². The van der Waals surface area contributed by atoms with Gasteiger partial charge in [0.25, 0.3) is 5.89 Å². The lowest BCUT2D eigenvalue weighted by atomic mass is 10.2. The zero-order valence-corrected chi connectivity index (χ0v) is 13.6. The standard InChI is InChI=1S/C14H17Cl2N3O2/c1-8(17-3)4-13-18-14(21-19-13)9(2)20-12-6-10(15)5-11(16)7-12/h5-9,17H,4H2,1-3H3. The minimum absolute atomic E-state index is 0.276. The fourth-order valence-electron chi connectivity index (χ4n) is 1.74. The van der Waals surface area contributed by atoms with Crippen LogP contribution in [0.1, 0.15) is 31.7 Å². The van der Waals surface area contributed by atoms with E-state index < -0.39 is 0 Å². The second-order valence-corrected chi connectivity index (χ2v) is 5.68. The normalized spacial score (nSPS) is 14.0. The molecule has 0 saturated carbocycles. The number of likely N-dealkylation sites (N-methyl/N-ethyl adjacent to an activating group) is 1. The second-order valence-electron chi connectivity index (χ2n) is 4.81. The van der Waals surface area contributed by atoms with E-state index in [1.54, 1.807) is 18.2 Å². The predicted molar refractivity (Wildman–Crippen MR) is 82.0 cm³/mol. The SMILES string of the molecule is CNC(C)Cc1noc(C(C)Oc2cc(Cl)cc(Cl)c2)n1. The molecule has 0 fully saturated rings. The molecule has 2 aromatic rings. The average Bonchev–Trinajstić information content (AvgIpc) is 2.85. The van der Waals surface area contributed by atoms with E-state index in [4.69, 9.17) is 32.5 Å². The van der Waals surface area contributed by atoms with Crippen LogP contribution in [0.5, 0.6) is 5.75 Å². The van der Waals surface area contributed by atoms with Gasteiger partial charge in [-0.2, -0.15) is 4.98 Å². The molecule has 1 aromatic heterocycles. The van der Waals surface area contributed by atoms with E-state index in [1.807, 2.05) is 20.9 Å². The van der Waals surface area contributed by atoms with Gasteiger partial charge in [-0.1, -0.05) is 28.4 Å². The van der Waals surface area contributed by atoms with Crippen molar-refractivity contribution in [3.63, 3.8) is 0 Å². The van der Waals surface area contributed by atoms with E-state index in [1.165, 1.54) is 0 Å². The van der Waals surface area contributed by atoms with Gasteiger partial charge in [0.05, 0.1) is 0 Å². The van der Waals surface area contributed by atoms with Gasteiger partial charge in [-0.25, -0.2) is 0 Å². The average molecular weight is 330 g/mol. The summed E-state index contributed by atoms with van der Waals surface area (Å²) in [5.74, 6) is 1.62. The molecular formula is C14H17Cl2N3O2. The summed E-state index contributed by atoms with van der Waals surface area (Å²) in [6.45, 7) is 3.87. The summed E-state index contributed by atoms with van der Waals surface area (Å²) in [5.41, 5.74) is 0. The van der Waals surface area contributed by atoms with E-state index in [-0.39, 0.29) is 12.1 Å². The third-order valence-corrected chi connectivity index (χ3v) is 3.40. The van der Waals surface area contributed by atoms with E-state index in [0.29, 0.717) is 33.9 Å². The van der Waals surface area contributed by atoms with Gasteiger partial charge in [-0.15, -0.1) is 0 Å². The lowest BCUT2D eigenvalue weighted by molar-refractivity contribution is 0.175. The highest BCUT2D eigenvalue weighted by atomic mass is 35.5. The summed E-state index contributed by atoms with van der Waals surface area (Å²) in [5, 5.41) is 8.09. The third-order valence-electron chi connectivity index (χ3n) is 2.96. The maximum atomic E-state index is 5.93. The quantitative estimate of drug-likeness (QED) is 0.876. The number of benzene rings is 1.